The van der Waals surface area contributed by atoms with Gasteiger partial charge in [0.1, 0.15) is 6.61 Å². The van der Waals surface area contributed by atoms with Gasteiger partial charge in [-0.3, -0.25) is 0 Å². The number of carboxylic acid groups (broad SMARTS) is 2. The number of carboxylic acids is 2. The van der Waals surface area contributed by atoms with E-state index >= 15 is 0 Å². The second-order valence-electron chi connectivity index (χ2n) is 6.20. The van der Waals surface area contributed by atoms with E-state index in [1.807, 2.05) is 49.5 Å². The van der Waals surface area contributed by atoms with Gasteiger partial charge in [-0.25, -0.2) is 9.59 Å². The lowest BCUT2D eigenvalue weighted by molar-refractivity contribution is -0.134. The van der Waals surface area contributed by atoms with Crippen molar-refractivity contribution in [2.24, 2.45) is 5.92 Å². The summed E-state index contributed by atoms with van der Waals surface area (Å²) in [5.41, 5.74) is 1.15. The van der Waals surface area contributed by atoms with Crippen LogP contribution in [0.15, 0.2) is 66.7 Å². The molecule has 0 heterocycles. The van der Waals surface area contributed by atoms with Gasteiger partial charge in [-0.05, 0) is 24.7 Å². The van der Waals surface area contributed by atoms with E-state index < -0.39 is 11.9 Å². The normalized spacial score (nSPS) is 11.2. The van der Waals surface area contributed by atoms with Gasteiger partial charge in [0.15, 0.2) is 11.5 Å². The molecule has 0 aliphatic carbocycles. The SMILES string of the molecule is CNCC(C)COc1ccccc1OCc1ccccc1.O=C(O)C=CC(=O)O. The van der Waals surface area contributed by atoms with Crippen molar-refractivity contribution in [3.63, 3.8) is 0 Å². The lowest BCUT2D eigenvalue weighted by atomic mass is 10.2. The highest BCUT2D eigenvalue weighted by Crippen LogP contribution is 2.27. The monoisotopic (exact) mass is 401 g/mol. The molecule has 0 saturated carbocycles. The second-order valence-corrected chi connectivity index (χ2v) is 6.20. The van der Waals surface area contributed by atoms with Gasteiger partial charge < -0.3 is 25.0 Å². The summed E-state index contributed by atoms with van der Waals surface area (Å²) in [6.45, 7) is 4.32. The fourth-order valence-corrected chi connectivity index (χ4v) is 2.21. The van der Waals surface area contributed by atoms with E-state index in [1.54, 1.807) is 0 Å². The zero-order valence-corrected chi connectivity index (χ0v) is 16.6. The maximum atomic E-state index is 9.55. The van der Waals surface area contributed by atoms with Crippen LogP contribution < -0.4 is 14.8 Å². The third-order valence-corrected chi connectivity index (χ3v) is 3.53. The number of carbonyl (C=O) groups is 2. The van der Waals surface area contributed by atoms with Crippen LogP contribution in [0.1, 0.15) is 12.5 Å². The van der Waals surface area contributed by atoms with E-state index in [1.165, 1.54) is 0 Å². The van der Waals surface area contributed by atoms with Gasteiger partial charge in [0.05, 0.1) is 6.61 Å². The van der Waals surface area contributed by atoms with Crippen LogP contribution >= 0.6 is 0 Å². The van der Waals surface area contributed by atoms with Crippen molar-refractivity contribution < 1.29 is 29.3 Å². The molecule has 7 nitrogen and oxygen atoms in total. The number of hydrogen-bond donors (Lipinski definition) is 3. The average Bonchev–Trinajstić information content (AvgIpc) is 2.71. The van der Waals surface area contributed by atoms with Gasteiger partial charge in [0.25, 0.3) is 0 Å². The Morgan fingerprint density at radius 2 is 1.45 bits per heavy atom. The third-order valence-electron chi connectivity index (χ3n) is 3.53. The lowest BCUT2D eigenvalue weighted by Gasteiger charge is -2.15. The summed E-state index contributed by atoms with van der Waals surface area (Å²) in [5, 5.41) is 18.8. The largest absolute Gasteiger partial charge is 0.489 e. The molecule has 0 saturated heterocycles. The summed E-state index contributed by atoms with van der Waals surface area (Å²) in [6, 6.07) is 18.0. The quantitative estimate of drug-likeness (QED) is 0.525. The minimum absolute atomic E-state index is 0.456. The van der Waals surface area contributed by atoms with Gasteiger partial charge in [0.2, 0.25) is 0 Å². The van der Waals surface area contributed by atoms with Crippen LogP contribution in [-0.4, -0.2) is 42.4 Å². The summed E-state index contributed by atoms with van der Waals surface area (Å²) < 4.78 is 11.7. The highest BCUT2D eigenvalue weighted by molar-refractivity contribution is 5.89. The van der Waals surface area contributed by atoms with E-state index in [2.05, 4.69) is 24.4 Å². The number of ether oxygens (including phenoxy) is 2. The van der Waals surface area contributed by atoms with Crippen LogP contribution in [0.2, 0.25) is 0 Å². The predicted molar refractivity (Wildman–Crippen MR) is 110 cm³/mol. The number of nitrogens with one attached hydrogen (secondary N) is 1. The first-order chi connectivity index (χ1) is 13.9. The Labute approximate surface area is 170 Å². The molecule has 0 aliphatic heterocycles. The fourth-order valence-electron chi connectivity index (χ4n) is 2.21. The molecule has 0 aromatic heterocycles. The van der Waals surface area contributed by atoms with Crippen LogP contribution in [0.4, 0.5) is 0 Å². The van der Waals surface area contributed by atoms with E-state index in [0.29, 0.717) is 31.3 Å². The number of hydrogen-bond acceptors (Lipinski definition) is 5. The second kappa shape index (κ2) is 13.8. The molecule has 0 amide bonds. The standard InChI is InChI=1S/C18H23NO2.C4H4O4/c1-15(12-19-2)13-20-17-10-6-7-11-18(17)21-14-16-8-4-3-5-9-16;5-3(6)1-2-4(7)8/h3-11,15,19H,12-14H2,1-2H3;1-2H,(H,5,6)(H,7,8). The molecule has 3 N–H and O–H groups in total. The Bertz CT molecular complexity index is 760. The van der Waals surface area contributed by atoms with Crippen molar-refractivity contribution in [3.8, 4) is 11.5 Å². The minimum Gasteiger partial charge on any atom is -0.489 e. The van der Waals surface area contributed by atoms with Crippen molar-refractivity contribution in [1.29, 1.82) is 0 Å². The Morgan fingerprint density at radius 3 is 1.97 bits per heavy atom. The first-order valence-corrected chi connectivity index (χ1v) is 9.09. The van der Waals surface area contributed by atoms with Crippen LogP contribution in [-0.2, 0) is 16.2 Å². The Kier molecular flexibility index (Phi) is 11.3. The summed E-state index contributed by atoms with van der Waals surface area (Å²) in [5.74, 6) is -0.466. The highest BCUT2D eigenvalue weighted by Gasteiger charge is 2.07. The summed E-state index contributed by atoms with van der Waals surface area (Å²) >= 11 is 0. The zero-order valence-electron chi connectivity index (χ0n) is 16.6. The van der Waals surface area contributed by atoms with Crippen molar-refractivity contribution in [2.75, 3.05) is 20.2 Å². The molecule has 156 valence electrons. The number of rotatable bonds is 10. The van der Waals surface area contributed by atoms with Gasteiger partial charge in [0, 0.05) is 24.6 Å². The number of para-hydroxylation sites is 2. The summed E-state index contributed by atoms with van der Waals surface area (Å²) in [7, 11) is 1.95. The molecule has 0 aliphatic rings. The first kappa shape index (κ1) is 23.7. The van der Waals surface area contributed by atoms with Crippen molar-refractivity contribution in [2.45, 2.75) is 13.5 Å². The topological polar surface area (TPSA) is 105 Å². The fraction of sp³-hybridized carbons (Fsp3) is 0.273. The highest BCUT2D eigenvalue weighted by atomic mass is 16.5. The Hall–Kier alpha value is -3.32. The molecule has 0 fully saturated rings. The summed E-state index contributed by atoms with van der Waals surface area (Å²) in [4.78, 5) is 19.1. The van der Waals surface area contributed by atoms with E-state index in [9.17, 15) is 9.59 Å². The van der Waals surface area contributed by atoms with E-state index in [4.69, 9.17) is 19.7 Å². The Morgan fingerprint density at radius 1 is 0.931 bits per heavy atom. The van der Waals surface area contributed by atoms with Gasteiger partial charge in [-0.2, -0.15) is 0 Å². The van der Waals surface area contributed by atoms with Crippen LogP contribution in [0.25, 0.3) is 0 Å². The molecular formula is C22H27NO6. The first-order valence-electron chi connectivity index (χ1n) is 9.09. The molecular weight excluding hydrogens is 374 g/mol. The van der Waals surface area contributed by atoms with Crippen molar-refractivity contribution in [1.82, 2.24) is 5.32 Å². The molecule has 29 heavy (non-hydrogen) atoms. The van der Waals surface area contributed by atoms with Gasteiger partial charge in [-0.15, -0.1) is 0 Å². The molecule has 0 bridgehead atoms. The van der Waals surface area contributed by atoms with Gasteiger partial charge >= 0.3 is 11.9 Å². The summed E-state index contributed by atoms with van der Waals surface area (Å²) in [6.07, 6.45) is 1.12. The smallest absolute Gasteiger partial charge is 0.328 e. The van der Waals surface area contributed by atoms with Gasteiger partial charge in [-0.1, -0.05) is 49.4 Å². The van der Waals surface area contributed by atoms with Crippen LogP contribution in [0, 0.1) is 5.92 Å². The molecule has 2 rings (SSSR count). The molecule has 1 atom stereocenters. The molecule has 1 unspecified atom stereocenters. The zero-order chi connectivity index (χ0) is 21.5. The predicted octanol–water partition coefficient (Wildman–Crippen LogP) is 3.21. The maximum absolute atomic E-state index is 9.55. The molecule has 2 aromatic rings. The molecule has 7 heteroatoms. The molecule has 0 radical (unpaired) electrons. The van der Waals surface area contributed by atoms with Crippen LogP contribution in [0.5, 0.6) is 11.5 Å². The maximum Gasteiger partial charge on any atom is 0.328 e. The minimum atomic E-state index is -1.26. The molecule has 0 spiro atoms. The average molecular weight is 401 g/mol. The molecule has 2 aromatic carbocycles. The lowest BCUT2D eigenvalue weighted by Crippen LogP contribution is -2.21. The van der Waals surface area contributed by atoms with Crippen LogP contribution in [0.3, 0.4) is 0 Å². The van der Waals surface area contributed by atoms with Crippen molar-refractivity contribution in [3.05, 3.63) is 72.3 Å². The van der Waals surface area contributed by atoms with E-state index in [-0.39, 0.29) is 0 Å². The van der Waals surface area contributed by atoms with Crippen molar-refractivity contribution >= 4 is 11.9 Å². The Balaban J connectivity index is 0.000000447. The van der Waals surface area contributed by atoms with E-state index in [0.717, 1.165) is 23.6 Å². The number of aliphatic carboxylic acids is 2. The third kappa shape index (κ3) is 11.2. The number of benzene rings is 2.